The number of nitrogens with one attached hydrogen (secondary N) is 1. The molecule has 0 saturated heterocycles. The quantitative estimate of drug-likeness (QED) is 0.823. The topological polar surface area (TPSA) is 58.6 Å². The van der Waals surface area contributed by atoms with Gasteiger partial charge < -0.3 is 4.98 Å². The van der Waals surface area contributed by atoms with E-state index in [1.54, 1.807) is 0 Å². The maximum atomic E-state index is 12.4. The zero-order valence-electron chi connectivity index (χ0n) is 9.13. The largest absolute Gasteiger partial charge is 0.449 e. The molecule has 11 heteroatoms. The van der Waals surface area contributed by atoms with Gasteiger partial charge in [-0.2, -0.15) is 26.3 Å². The third kappa shape index (κ3) is 2.98. The minimum Gasteiger partial charge on any atom is -0.303 e. The van der Waals surface area contributed by atoms with E-state index in [2.05, 4.69) is 9.97 Å². The summed E-state index contributed by atoms with van der Waals surface area (Å²) in [6.07, 6.45) is -8.90. The first-order valence-corrected chi connectivity index (χ1v) is 5.61. The third-order valence-electron chi connectivity index (χ3n) is 2.01. The fourth-order valence-corrected chi connectivity index (χ4v) is 1.99. The van der Waals surface area contributed by atoms with Crippen molar-refractivity contribution < 1.29 is 26.3 Å². The van der Waals surface area contributed by atoms with Crippen molar-refractivity contribution in [3.05, 3.63) is 33.4 Å². The van der Waals surface area contributed by atoms with E-state index < -0.39 is 34.4 Å². The molecule has 0 saturated carbocycles. The van der Waals surface area contributed by atoms with Gasteiger partial charge >= 0.3 is 12.4 Å². The third-order valence-corrected chi connectivity index (χ3v) is 3.08. The van der Waals surface area contributed by atoms with Gasteiger partial charge in [-0.15, -0.1) is 11.3 Å². The van der Waals surface area contributed by atoms with Gasteiger partial charge in [0.2, 0.25) is 5.82 Å². The monoisotopic (exact) mass is 315 g/mol. The van der Waals surface area contributed by atoms with Crippen LogP contribution in [0.4, 0.5) is 26.3 Å². The molecular formula is C9H3F6N3OS. The number of H-pyrrole nitrogens is 1. The number of aromatic amines is 1. The van der Waals surface area contributed by atoms with Gasteiger partial charge in [0.15, 0.2) is 5.01 Å². The van der Waals surface area contributed by atoms with Crippen LogP contribution in [-0.2, 0) is 12.4 Å². The zero-order valence-corrected chi connectivity index (χ0v) is 9.95. The second kappa shape index (κ2) is 4.58. The molecule has 0 unspecified atom stereocenters. The smallest absolute Gasteiger partial charge is 0.303 e. The van der Waals surface area contributed by atoms with Gasteiger partial charge in [-0.05, 0) is 0 Å². The van der Waals surface area contributed by atoms with Crippen molar-refractivity contribution in [1.29, 1.82) is 0 Å². The van der Waals surface area contributed by atoms with E-state index in [1.807, 2.05) is 0 Å². The summed E-state index contributed by atoms with van der Waals surface area (Å²) in [5.41, 5.74) is -1.64. The van der Waals surface area contributed by atoms with Crippen LogP contribution in [0.1, 0.15) is 10.8 Å². The second-order valence-electron chi connectivity index (χ2n) is 3.50. The number of hydrogen-bond donors (Lipinski definition) is 1. The SMILES string of the molecule is O=c1cc(-c2cnc(C(F)(F)F)s2)nc(C(F)(F)F)[nH]1. The Morgan fingerprint density at radius 1 is 1.10 bits per heavy atom. The van der Waals surface area contributed by atoms with Crippen LogP contribution in [0, 0.1) is 0 Å². The summed E-state index contributed by atoms with van der Waals surface area (Å²) in [5.74, 6) is -1.58. The number of nitrogens with zero attached hydrogens (tertiary/aromatic N) is 2. The highest BCUT2D eigenvalue weighted by molar-refractivity contribution is 7.15. The first-order valence-electron chi connectivity index (χ1n) is 4.79. The normalized spacial score (nSPS) is 12.7. The molecule has 4 nitrogen and oxygen atoms in total. The van der Waals surface area contributed by atoms with E-state index in [0.29, 0.717) is 6.07 Å². The van der Waals surface area contributed by atoms with Crippen LogP contribution in [-0.4, -0.2) is 15.0 Å². The molecular weight excluding hydrogens is 312 g/mol. The molecule has 0 aliphatic rings. The van der Waals surface area contributed by atoms with Crippen LogP contribution in [0.5, 0.6) is 0 Å². The van der Waals surface area contributed by atoms with Gasteiger partial charge in [-0.3, -0.25) is 4.79 Å². The molecule has 0 aliphatic heterocycles. The van der Waals surface area contributed by atoms with Gasteiger partial charge in [0.1, 0.15) is 0 Å². The van der Waals surface area contributed by atoms with Gasteiger partial charge in [0, 0.05) is 12.3 Å². The Morgan fingerprint density at radius 3 is 2.25 bits per heavy atom. The minimum absolute atomic E-state index is 0.102. The predicted octanol–water partition coefficient (Wildman–Crippen LogP) is 2.93. The van der Waals surface area contributed by atoms with Crippen molar-refractivity contribution in [1.82, 2.24) is 15.0 Å². The van der Waals surface area contributed by atoms with Crippen molar-refractivity contribution in [2.45, 2.75) is 12.4 Å². The van der Waals surface area contributed by atoms with Crippen LogP contribution in [0.15, 0.2) is 17.1 Å². The highest BCUT2D eigenvalue weighted by atomic mass is 32.1. The maximum absolute atomic E-state index is 12.4. The first-order chi connectivity index (χ1) is 9.07. The molecule has 108 valence electrons. The summed E-state index contributed by atoms with van der Waals surface area (Å²) < 4.78 is 74.3. The molecule has 2 rings (SSSR count). The van der Waals surface area contributed by atoms with Crippen LogP contribution in [0.2, 0.25) is 0 Å². The zero-order chi connectivity index (χ0) is 15.1. The predicted molar refractivity (Wildman–Crippen MR) is 56.0 cm³/mol. The van der Waals surface area contributed by atoms with Crippen molar-refractivity contribution in [3.63, 3.8) is 0 Å². The van der Waals surface area contributed by atoms with Crippen LogP contribution < -0.4 is 5.56 Å². The lowest BCUT2D eigenvalue weighted by Gasteiger charge is -2.05. The van der Waals surface area contributed by atoms with E-state index in [9.17, 15) is 31.1 Å². The Morgan fingerprint density at radius 2 is 1.75 bits per heavy atom. The van der Waals surface area contributed by atoms with Gasteiger partial charge in [-0.25, -0.2) is 9.97 Å². The maximum Gasteiger partial charge on any atom is 0.449 e. The lowest BCUT2D eigenvalue weighted by atomic mass is 10.3. The minimum atomic E-state index is -4.91. The molecule has 0 amide bonds. The summed E-state index contributed by atoms with van der Waals surface area (Å²) in [4.78, 5) is 18.4. The standard InChI is InChI=1S/C9H3F6N3OS/c10-8(11,12)6-17-3(1-5(19)18-6)4-2-16-7(20-4)9(13,14)15/h1-2H,(H,17,18,19). The lowest BCUT2D eigenvalue weighted by Crippen LogP contribution is -2.18. The number of thiazole rings is 1. The van der Waals surface area contributed by atoms with Crippen molar-refractivity contribution in [2.24, 2.45) is 0 Å². The van der Waals surface area contributed by atoms with E-state index in [4.69, 9.17) is 0 Å². The van der Waals surface area contributed by atoms with Crippen LogP contribution >= 0.6 is 11.3 Å². The molecule has 0 fully saturated rings. The average Bonchev–Trinajstić information content (AvgIpc) is 2.75. The Kier molecular flexibility index (Phi) is 3.32. The fourth-order valence-electron chi connectivity index (χ4n) is 1.24. The second-order valence-corrected chi connectivity index (χ2v) is 4.54. The highest BCUT2D eigenvalue weighted by Crippen LogP contribution is 2.36. The van der Waals surface area contributed by atoms with E-state index in [-0.39, 0.29) is 16.2 Å². The Hall–Kier alpha value is -1.91. The first kappa shape index (κ1) is 14.5. The number of rotatable bonds is 1. The van der Waals surface area contributed by atoms with Gasteiger partial charge in [0.25, 0.3) is 5.56 Å². The molecule has 2 aromatic heterocycles. The number of alkyl halides is 6. The van der Waals surface area contributed by atoms with E-state index in [1.165, 1.54) is 4.98 Å². The fraction of sp³-hybridized carbons (Fsp3) is 0.222. The van der Waals surface area contributed by atoms with Crippen LogP contribution in [0.3, 0.4) is 0 Å². The summed E-state index contributed by atoms with van der Waals surface area (Å²) in [6, 6.07) is 0.670. The molecule has 0 aliphatic carbocycles. The van der Waals surface area contributed by atoms with Crippen molar-refractivity contribution >= 4 is 11.3 Å². The molecule has 0 aromatic carbocycles. The van der Waals surface area contributed by atoms with Gasteiger partial charge in [-0.1, -0.05) is 0 Å². The molecule has 2 aromatic rings. The number of aromatic nitrogens is 3. The summed E-state index contributed by atoms with van der Waals surface area (Å²) in [7, 11) is 0. The molecule has 1 N–H and O–H groups in total. The molecule has 0 bridgehead atoms. The molecule has 0 atom stereocenters. The molecule has 20 heavy (non-hydrogen) atoms. The summed E-state index contributed by atoms with van der Waals surface area (Å²) >= 11 is 0.102. The highest BCUT2D eigenvalue weighted by Gasteiger charge is 2.36. The summed E-state index contributed by atoms with van der Waals surface area (Å²) in [5, 5.41) is -1.23. The van der Waals surface area contributed by atoms with E-state index in [0.717, 1.165) is 6.20 Å². The Bertz CT molecular complexity index is 686. The lowest BCUT2D eigenvalue weighted by molar-refractivity contribution is -0.145. The summed E-state index contributed by atoms with van der Waals surface area (Å²) in [6.45, 7) is 0. The number of halogens is 6. The van der Waals surface area contributed by atoms with Gasteiger partial charge in [0.05, 0.1) is 10.6 Å². The Labute approximate surface area is 110 Å². The van der Waals surface area contributed by atoms with Crippen molar-refractivity contribution in [3.8, 4) is 10.6 Å². The van der Waals surface area contributed by atoms with Crippen molar-refractivity contribution in [2.75, 3.05) is 0 Å². The molecule has 0 radical (unpaired) electrons. The van der Waals surface area contributed by atoms with E-state index >= 15 is 0 Å². The van der Waals surface area contributed by atoms with Crippen LogP contribution in [0.25, 0.3) is 10.6 Å². The average molecular weight is 315 g/mol. The number of hydrogen-bond acceptors (Lipinski definition) is 4. The Balaban J connectivity index is 2.51. The molecule has 0 spiro atoms. The molecule has 2 heterocycles.